The Morgan fingerprint density at radius 3 is 2.61 bits per heavy atom. The van der Waals surface area contributed by atoms with Gasteiger partial charge in [0.25, 0.3) is 0 Å². The Kier molecular flexibility index (Phi) is 6.47. The van der Waals surface area contributed by atoms with Gasteiger partial charge in [-0.3, -0.25) is 9.00 Å². The average molecular weight is 437 g/mol. The van der Waals surface area contributed by atoms with E-state index in [0.29, 0.717) is 6.42 Å². The van der Waals surface area contributed by atoms with Gasteiger partial charge in [-0.1, -0.05) is 18.2 Å². The van der Waals surface area contributed by atoms with Crippen molar-refractivity contribution >= 4 is 16.7 Å². The molecule has 0 bridgehead atoms. The van der Waals surface area contributed by atoms with Gasteiger partial charge in [-0.2, -0.15) is 5.10 Å². The fraction of sp³-hybridized carbons (Fsp3) is 0.217. The van der Waals surface area contributed by atoms with E-state index in [1.165, 1.54) is 0 Å². The third-order valence-corrected chi connectivity index (χ3v) is 5.99. The Hall–Kier alpha value is -3.39. The van der Waals surface area contributed by atoms with Gasteiger partial charge in [0.1, 0.15) is 17.3 Å². The molecule has 0 saturated heterocycles. The van der Waals surface area contributed by atoms with Crippen LogP contribution in [0.15, 0.2) is 83.9 Å². The summed E-state index contributed by atoms with van der Waals surface area (Å²) in [6.07, 6.45) is 7.76. The van der Waals surface area contributed by atoms with Gasteiger partial charge in [-0.25, -0.2) is 4.68 Å². The quantitative estimate of drug-likeness (QED) is 0.437. The molecule has 1 N–H and O–H groups in total. The zero-order valence-corrected chi connectivity index (χ0v) is 18.0. The van der Waals surface area contributed by atoms with Gasteiger partial charge in [0.2, 0.25) is 5.91 Å². The summed E-state index contributed by atoms with van der Waals surface area (Å²) in [5.74, 6) is 1.55. The van der Waals surface area contributed by atoms with Crippen molar-refractivity contribution in [1.82, 2.24) is 19.7 Å². The number of nitrogens with one attached hydrogen (secondary N) is 1. The predicted octanol–water partition coefficient (Wildman–Crippen LogP) is 3.25. The fourth-order valence-corrected chi connectivity index (χ4v) is 4.48. The lowest BCUT2D eigenvalue weighted by Crippen LogP contribution is -2.37. The number of hydrogen-bond donors (Lipinski definition) is 1. The standard InChI is InChI=1S/C23H24N4O3S/c1-18(14-21-10-7-13-30-21)25-22(28)17-31(29)16-19-15-24-27(20-8-3-2-4-9-20)23(19)26-11-5-6-12-26/h2-13,15,18H,14,16-17H2,1H3,(H,25,28)/t18-,31+/m0/s1. The van der Waals surface area contributed by atoms with Crippen LogP contribution in [0.25, 0.3) is 11.5 Å². The van der Waals surface area contributed by atoms with E-state index in [1.807, 2.05) is 83.2 Å². The van der Waals surface area contributed by atoms with Crippen LogP contribution in [0.3, 0.4) is 0 Å². The van der Waals surface area contributed by atoms with Crippen LogP contribution in [0.5, 0.6) is 0 Å². The van der Waals surface area contributed by atoms with Crippen LogP contribution in [0, 0.1) is 0 Å². The highest BCUT2D eigenvalue weighted by atomic mass is 32.2. The second-order valence-corrected chi connectivity index (χ2v) is 8.77. The number of carbonyl (C=O) groups excluding carboxylic acids is 1. The molecule has 1 aromatic carbocycles. The number of benzene rings is 1. The molecule has 0 aliphatic carbocycles. The van der Waals surface area contributed by atoms with E-state index in [-0.39, 0.29) is 23.5 Å². The maximum atomic E-state index is 12.8. The van der Waals surface area contributed by atoms with E-state index in [2.05, 4.69) is 10.4 Å². The first-order chi connectivity index (χ1) is 15.1. The molecule has 0 aliphatic rings. The molecule has 7 nitrogen and oxygen atoms in total. The molecule has 3 aromatic heterocycles. The smallest absolute Gasteiger partial charge is 0.232 e. The molecule has 0 saturated carbocycles. The zero-order valence-electron chi connectivity index (χ0n) is 17.2. The molecule has 3 heterocycles. The normalized spacial score (nSPS) is 13.1. The topological polar surface area (TPSA) is 82.1 Å². The lowest BCUT2D eigenvalue weighted by atomic mass is 10.2. The lowest BCUT2D eigenvalue weighted by Gasteiger charge is -2.13. The van der Waals surface area contributed by atoms with Crippen LogP contribution < -0.4 is 5.32 Å². The fourth-order valence-electron chi connectivity index (χ4n) is 3.46. The van der Waals surface area contributed by atoms with Crippen molar-refractivity contribution in [3.8, 4) is 11.5 Å². The SMILES string of the molecule is C[C@@H](Cc1ccco1)NC(=O)C[S@](=O)Cc1cnn(-c2ccccc2)c1-n1cccc1. The van der Waals surface area contributed by atoms with Gasteiger partial charge in [0.05, 0.1) is 23.9 Å². The van der Waals surface area contributed by atoms with Gasteiger partial charge in [-0.05, 0) is 43.3 Å². The minimum Gasteiger partial charge on any atom is -0.469 e. The number of carbonyl (C=O) groups is 1. The Bertz CT molecular complexity index is 1140. The number of nitrogens with zero attached hydrogens (tertiary/aromatic N) is 3. The monoisotopic (exact) mass is 436 g/mol. The molecule has 31 heavy (non-hydrogen) atoms. The lowest BCUT2D eigenvalue weighted by molar-refractivity contribution is -0.119. The molecule has 0 spiro atoms. The van der Waals surface area contributed by atoms with Crippen LogP contribution in [0.2, 0.25) is 0 Å². The molecular formula is C23H24N4O3S. The summed E-state index contributed by atoms with van der Waals surface area (Å²) in [6, 6.07) is 17.2. The van der Waals surface area contributed by atoms with Gasteiger partial charge < -0.3 is 14.3 Å². The molecule has 0 unspecified atom stereocenters. The maximum Gasteiger partial charge on any atom is 0.232 e. The first-order valence-corrected chi connectivity index (χ1v) is 11.5. The van der Waals surface area contributed by atoms with Crippen LogP contribution in [0.4, 0.5) is 0 Å². The first kappa shape index (κ1) is 20.9. The minimum atomic E-state index is -1.37. The van der Waals surface area contributed by atoms with Crippen LogP contribution in [0.1, 0.15) is 18.2 Å². The Morgan fingerprint density at radius 1 is 1.13 bits per heavy atom. The highest BCUT2D eigenvalue weighted by Crippen LogP contribution is 2.21. The van der Waals surface area contributed by atoms with Crippen LogP contribution in [-0.4, -0.2) is 36.3 Å². The predicted molar refractivity (Wildman–Crippen MR) is 120 cm³/mol. The van der Waals surface area contributed by atoms with Gasteiger partial charge >= 0.3 is 0 Å². The summed E-state index contributed by atoms with van der Waals surface area (Å²) >= 11 is 0. The van der Waals surface area contributed by atoms with E-state index in [0.717, 1.165) is 22.8 Å². The summed E-state index contributed by atoms with van der Waals surface area (Å²) in [7, 11) is -1.37. The van der Waals surface area contributed by atoms with E-state index in [9.17, 15) is 9.00 Å². The van der Waals surface area contributed by atoms with Crippen molar-refractivity contribution in [2.24, 2.45) is 0 Å². The summed E-state index contributed by atoms with van der Waals surface area (Å²) in [5.41, 5.74) is 1.72. The van der Waals surface area contributed by atoms with Crippen molar-refractivity contribution in [3.63, 3.8) is 0 Å². The van der Waals surface area contributed by atoms with Crippen molar-refractivity contribution < 1.29 is 13.4 Å². The molecule has 0 fully saturated rings. The Balaban J connectivity index is 1.44. The number of hydrogen-bond acceptors (Lipinski definition) is 4. The summed E-state index contributed by atoms with van der Waals surface area (Å²) in [5, 5.41) is 7.41. The van der Waals surface area contributed by atoms with Crippen molar-refractivity contribution in [2.45, 2.75) is 25.1 Å². The van der Waals surface area contributed by atoms with Crippen molar-refractivity contribution in [1.29, 1.82) is 0 Å². The minimum absolute atomic E-state index is 0.0653. The summed E-state index contributed by atoms with van der Waals surface area (Å²) in [6.45, 7) is 1.90. The second-order valence-electron chi connectivity index (χ2n) is 7.31. The second kappa shape index (κ2) is 9.61. The van der Waals surface area contributed by atoms with Crippen molar-refractivity contribution in [3.05, 3.63) is 90.8 Å². The van der Waals surface area contributed by atoms with Crippen molar-refractivity contribution in [2.75, 3.05) is 5.75 Å². The maximum absolute atomic E-state index is 12.8. The Morgan fingerprint density at radius 2 is 1.90 bits per heavy atom. The molecule has 0 aliphatic heterocycles. The molecule has 1 amide bonds. The summed E-state index contributed by atoms with van der Waals surface area (Å²) < 4.78 is 21.8. The van der Waals surface area contributed by atoms with E-state index < -0.39 is 10.8 Å². The third-order valence-electron chi connectivity index (χ3n) is 4.77. The van der Waals surface area contributed by atoms with Gasteiger partial charge in [0, 0.05) is 41.2 Å². The molecular weight excluding hydrogens is 412 g/mol. The van der Waals surface area contributed by atoms with Crippen LogP contribution in [-0.2, 0) is 27.8 Å². The summed E-state index contributed by atoms with van der Waals surface area (Å²) in [4.78, 5) is 12.4. The highest BCUT2D eigenvalue weighted by Gasteiger charge is 2.18. The molecule has 4 aromatic rings. The number of rotatable bonds is 9. The van der Waals surface area contributed by atoms with E-state index >= 15 is 0 Å². The Labute approximate surface area is 183 Å². The van der Waals surface area contributed by atoms with E-state index in [4.69, 9.17) is 4.42 Å². The number of furan rings is 1. The number of aromatic nitrogens is 3. The molecule has 160 valence electrons. The molecule has 8 heteroatoms. The average Bonchev–Trinajstić information content (AvgIpc) is 3.50. The third kappa shape index (κ3) is 5.21. The first-order valence-electron chi connectivity index (χ1n) is 10.0. The highest BCUT2D eigenvalue weighted by molar-refractivity contribution is 7.84. The van der Waals surface area contributed by atoms with Crippen LogP contribution >= 0.6 is 0 Å². The van der Waals surface area contributed by atoms with E-state index in [1.54, 1.807) is 12.5 Å². The molecule has 4 rings (SSSR count). The molecule has 0 radical (unpaired) electrons. The zero-order chi connectivity index (χ0) is 21.6. The van der Waals surface area contributed by atoms with Gasteiger partial charge in [-0.15, -0.1) is 0 Å². The number of amides is 1. The largest absolute Gasteiger partial charge is 0.469 e. The number of para-hydroxylation sites is 1. The van der Waals surface area contributed by atoms with Gasteiger partial charge in [0.15, 0.2) is 0 Å². The molecule has 2 atom stereocenters.